The number of fused-ring (bicyclic) bond motifs is 1. The van der Waals surface area contributed by atoms with Gasteiger partial charge in [0.15, 0.2) is 11.5 Å². The van der Waals surface area contributed by atoms with Gasteiger partial charge < -0.3 is 24.9 Å². The van der Waals surface area contributed by atoms with Gasteiger partial charge in [-0.3, -0.25) is 0 Å². The summed E-state index contributed by atoms with van der Waals surface area (Å²) in [7, 11) is 0. The summed E-state index contributed by atoms with van der Waals surface area (Å²) < 4.78 is 17.3. The minimum Gasteiger partial charge on any atom is -0.494 e. The fourth-order valence-corrected chi connectivity index (χ4v) is 3.64. The van der Waals surface area contributed by atoms with Crippen LogP contribution in [0.5, 0.6) is 17.2 Å². The molecule has 1 aromatic heterocycles. The zero-order valence-corrected chi connectivity index (χ0v) is 17.7. The number of hydrogen-bond donors (Lipinski definition) is 2. The van der Waals surface area contributed by atoms with Crippen LogP contribution in [-0.2, 0) is 6.42 Å². The molecule has 1 heterocycles. The van der Waals surface area contributed by atoms with Crippen LogP contribution < -0.4 is 19.9 Å². The molecule has 156 valence electrons. The maximum absolute atomic E-state index is 5.84. The Morgan fingerprint density at radius 3 is 2.31 bits per heavy atom. The quantitative estimate of drug-likeness (QED) is 0.431. The molecule has 0 fully saturated rings. The van der Waals surface area contributed by atoms with E-state index in [9.17, 15) is 0 Å². The normalized spacial score (nSPS) is 11.0. The van der Waals surface area contributed by atoms with Crippen molar-refractivity contribution in [1.29, 1.82) is 0 Å². The predicted molar refractivity (Wildman–Crippen MR) is 119 cm³/mol. The maximum atomic E-state index is 5.84. The second-order valence-corrected chi connectivity index (χ2v) is 6.89. The molecule has 3 N–H and O–H groups in total. The summed E-state index contributed by atoms with van der Waals surface area (Å²) in [5.74, 6) is 2.44. The number of nitrogens with one attached hydrogen (secondary N) is 1. The summed E-state index contributed by atoms with van der Waals surface area (Å²) in [6, 6.07) is 12.4. The van der Waals surface area contributed by atoms with Gasteiger partial charge in [-0.15, -0.1) is 0 Å². The van der Waals surface area contributed by atoms with Crippen LogP contribution in [0.1, 0.15) is 39.2 Å². The number of aryl methyl sites for hydroxylation is 1. The number of aromatic nitrogens is 1. The number of hydrogen-bond acceptors (Lipinski definition) is 4. The van der Waals surface area contributed by atoms with Gasteiger partial charge in [-0.2, -0.15) is 0 Å². The van der Waals surface area contributed by atoms with Gasteiger partial charge in [0.1, 0.15) is 5.75 Å². The van der Waals surface area contributed by atoms with Gasteiger partial charge in [-0.25, -0.2) is 0 Å². The molecule has 5 heteroatoms. The number of ether oxygens (including phenoxy) is 3. The number of unbranched alkanes of at least 4 members (excludes halogenated alkanes) is 1. The number of aromatic amines is 1. The van der Waals surface area contributed by atoms with Crippen LogP contribution in [0.25, 0.3) is 22.2 Å². The van der Waals surface area contributed by atoms with Crippen LogP contribution >= 0.6 is 0 Å². The molecule has 0 bridgehead atoms. The number of nitrogens with two attached hydrogens (primary N) is 1. The van der Waals surface area contributed by atoms with Gasteiger partial charge in [0, 0.05) is 22.2 Å². The Morgan fingerprint density at radius 2 is 1.59 bits per heavy atom. The van der Waals surface area contributed by atoms with E-state index in [1.165, 1.54) is 10.9 Å². The van der Waals surface area contributed by atoms with Crippen LogP contribution in [0.4, 0.5) is 0 Å². The minimum atomic E-state index is 0.595. The van der Waals surface area contributed by atoms with Crippen LogP contribution in [0, 0.1) is 0 Å². The lowest BCUT2D eigenvalue weighted by Crippen LogP contribution is -2.00. The van der Waals surface area contributed by atoms with E-state index in [0.717, 1.165) is 53.3 Å². The van der Waals surface area contributed by atoms with Crippen molar-refractivity contribution in [3.8, 4) is 28.5 Å². The molecule has 0 aliphatic heterocycles. The second-order valence-electron chi connectivity index (χ2n) is 6.89. The molecule has 5 nitrogen and oxygen atoms in total. The van der Waals surface area contributed by atoms with Crippen molar-refractivity contribution in [3.63, 3.8) is 0 Å². The zero-order chi connectivity index (χ0) is 20.6. The third-order valence-electron chi connectivity index (χ3n) is 4.90. The van der Waals surface area contributed by atoms with Crippen molar-refractivity contribution in [2.75, 3.05) is 26.4 Å². The highest BCUT2D eigenvalue weighted by atomic mass is 16.5. The topological polar surface area (TPSA) is 69.5 Å². The van der Waals surface area contributed by atoms with Gasteiger partial charge in [-0.05, 0) is 88.5 Å². The van der Waals surface area contributed by atoms with Crippen LogP contribution in [0.2, 0.25) is 0 Å². The summed E-state index contributed by atoms with van der Waals surface area (Å²) in [6.07, 6.45) is 3.01. The third-order valence-corrected chi connectivity index (χ3v) is 4.90. The maximum Gasteiger partial charge on any atom is 0.161 e. The van der Waals surface area contributed by atoms with Crippen LogP contribution in [-0.4, -0.2) is 31.3 Å². The Hall–Kier alpha value is -2.66. The molecule has 2 aromatic carbocycles. The molecular formula is C24H32N2O3. The van der Waals surface area contributed by atoms with Gasteiger partial charge in [0.05, 0.1) is 19.8 Å². The highest BCUT2D eigenvalue weighted by molar-refractivity contribution is 5.92. The van der Waals surface area contributed by atoms with Gasteiger partial charge in [-0.1, -0.05) is 0 Å². The molecule has 3 rings (SSSR count). The number of H-pyrrole nitrogens is 1. The Labute approximate surface area is 173 Å². The highest BCUT2D eigenvalue weighted by Gasteiger charge is 2.16. The minimum absolute atomic E-state index is 0.595. The van der Waals surface area contributed by atoms with E-state index < -0.39 is 0 Å². The molecule has 0 aliphatic carbocycles. The molecule has 0 saturated carbocycles. The van der Waals surface area contributed by atoms with Crippen molar-refractivity contribution >= 4 is 10.9 Å². The van der Waals surface area contributed by atoms with E-state index in [4.69, 9.17) is 19.9 Å². The molecule has 0 radical (unpaired) electrons. The van der Waals surface area contributed by atoms with Crippen molar-refractivity contribution in [2.24, 2.45) is 5.73 Å². The Balaban J connectivity index is 2.09. The first-order chi connectivity index (χ1) is 14.2. The molecule has 29 heavy (non-hydrogen) atoms. The number of rotatable bonds is 11. The van der Waals surface area contributed by atoms with E-state index in [0.29, 0.717) is 26.4 Å². The Morgan fingerprint density at radius 1 is 0.828 bits per heavy atom. The first-order valence-electron chi connectivity index (χ1n) is 10.6. The average molecular weight is 397 g/mol. The van der Waals surface area contributed by atoms with Gasteiger partial charge in [0.2, 0.25) is 0 Å². The molecule has 0 unspecified atom stereocenters. The molecule has 0 spiro atoms. The smallest absolute Gasteiger partial charge is 0.161 e. The summed E-state index contributed by atoms with van der Waals surface area (Å²) in [4.78, 5) is 3.61. The average Bonchev–Trinajstić information content (AvgIpc) is 3.08. The first kappa shape index (κ1) is 21.1. The van der Waals surface area contributed by atoms with E-state index in [1.54, 1.807) is 0 Å². The van der Waals surface area contributed by atoms with E-state index in [2.05, 4.69) is 29.2 Å². The van der Waals surface area contributed by atoms with Gasteiger partial charge in [0.25, 0.3) is 0 Å². The lowest BCUT2D eigenvalue weighted by molar-refractivity contribution is 0.288. The predicted octanol–water partition coefficient (Wildman–Crippen LogP) is 5.31. The highest BCUT2D eigenvalue weighted by Crippen LogP contribution is 2.37. The largest absolute Gasteiger partial charge is 0.494 e. The van der Waals surface area contributed by atoms with E-state index >= 15 is 0 Å². The third kappa shape index (κ3) is 4.85. The lowest BCUT2D eigenvalue weighted by Gasteiger charge is -2.13. The van der Waals surface area contributed by atoms with Crippen molar-refractivity contribution in [1.82, 2.24) is 4.98 Å². The zero-order valence-electron chi connectivity index (χ0n) is 17.7. The van der Waals surface area contributed by atoms with Crippen LogP contribution in [0.3, 0.4) is 0 Å². The molecule has 0 atom stereocenters. The lowest BCUT2D eigenvalue weighted by atomic mass is 10.00. The molecule has 3 aromatic rings. The van der Waals surface area contributed by atoms with E-state index in [1.807, 2.05) is 32.9 Å². The first-order valence-corrected chi connectivity index (χ1v) is 10.6. The summed E-state index contributed by atoms with van der Waals surface area (Å²) in [5, 5.41) is 1.20. The monoisotopic (exact) mass is 396 g/mol. The Kier molecular flexibility index (Phi) is 7.42. The summed E-state index contributed by atoms with van der Waals surface area (Å²) in [5.41, 5.74) is 10.3. The molecular weight excluding hydrogens is 364 g/mol. The fraction of sp³-hybridized carbons (Fsp3) is 0.417. The molecule has 0 aliphatic rings. The molecule has 0 saturated heterocycles. The van der Waals surface area contributed by atoms with Crippen molar-refractivity contribution in [2.45, 2.75) is 40.0 Å². The van der Waals surface area contributed by atoms with Crippen molar-refractivity contribution in [3.05, 3.63) is 42.0 Å². The second kappa shape index (κ2) is 10.2. The summed E-state index contributed by atoms with van der Waals surface area (Å²) >= 11 is 0. The van der Waals surface area contributed by atoms with E-state index in [-0.39, 0.29) is 0 Å². The fourth-order valence-electron chi connectivity index (χ4n) is 3.64. The van der Waals surface area contributed by atoms with Crippen LogP contribution in [0.15, 0.2) is 36.4 Å². The standard InChI is InChI=1S/C24H32N2O3/c1-4-27-18-11-12-21-20(16-18)19(9-7-8-14-25)24(26-21)17-10-13-22(28-5-2)23(15-17)29-6-3/h10-13,15-16,26H,4-9,14,25H2,1-3H3. The summed E-state index contributed by atoms with van der Waals surface area (Å²) in [6.45, 7) is 8.53. The molecule has 0 amide bonds. The SMILES string of the molecule is CCOc1ccc2[nH]c(-c3ccc(OCC)c(OCC)c3)c(CCCCN)c2c1. The number of benzene rings is 2. The Bertz CT molecular complexity index is 933. The van der Waals surface area contributed by atoms with Crippen molar-refractivity contribution < 1.29 is 14.2 Å². The van der Waals surface area contributed by atoms with Gasteiger partial charge >= 0.3 is 0 Å².